The summed E-state index contributed by atoms with van der Waals surface area (Å²) in [6, 6.07) is 10.2. The molecule has 5 heteroatoms. The summed E-state index contributed by atoms with van der Waals surface area (Å²) < 4.78 is 6.35. The quantitative estimate of drug-likeness (QED) is 0.651. The van der Waals surface area contributed by atoms with Crippen molar-refractivity contribution in [2.24, 2.45) is 0 Å². The summed E-state index contributed by atoms with van der Waals surface area (Å²) in [5, 5.41) is 4.96. The summed E-state index contributed by atoms with van der Waals surface area (Å²) in [5.74, 6) is 1.33. The van der Waals surface area contributed by atoms with Gasteiger partial charge in [0.15, 0.2) is 5.82 Å². The zero-order chi connectivity index (χ0) is 11.0. The van der Waals surface area contributed by atoms with Gasteiger partial charge in [0.05, 0.1) is 10.8 Å². The highest BCUT2D eigenvalue weighted by Crippen LogP contribution is 2.32. The third-order valence-corrected chi connectivity index (χ3v) is 3.57. The molecular weight excluding hydrogens is 244 g/mol. The summed E-state index contributed by atoms with van der Waals surface area (Å²) in [6.07, 6.45) is 0. The molecule has 0 spiro atoms. The van der Waals surface area contributed by atoms with Gasteiger partial charge in [-0.15, -0.1) is 22.9 Å². The van der Waals surface area contributed by atoms with Crippen LogP contribution in [0.4, 0.5) is 0 Å². The second kappa shape index (κ2) is 3.88. The van der Waals surface area contributed by atoms with Crippen LogP contribution in [0.1, 0.15) is 5.82 Å². The number of hydrogen-bond donors (Lipinski definition) is 0. The minimum absolute atomic E-state index is 0.272. The first kappa shape index (κ1) is 9.81. The molecule has 0 saturated carbocycles. The van der Waals surface area contributed by atoms with Gasteiger partial charge in [0, 0.05) is 4.70 Å². The lowest BCUT2D eigenvalue weighted by Gasteiger charge is -1.82. The van der Waals surface area contributed by atoms with Crippen molar-refractivity contribution in [2.75, 3.05) is 0 Å². The number of halogens is 1. The standard InChI is InChI=1S/C11H7ClN2OS/c12-6-10-13-11(15-14-10)9-5-7-3-1-2-4-8(7)16-9/h1-5H,6H2. The van der Waals surface area contributed by atoms with Gasteiger partial charge in [-0.25, -0.2) is 0 Å². The zero-order valence-electron chi connectivity index (χ0n) is 8.18. The predicted octanol–water partition coefficient (Wildman–Crippen LogP) is 3.69. The van der Waals surface area contributed by atoms with Gasteiger partial charge >= 0.3 is 0 Å². The van der Waals surface area contributed by atoms with E-state index in [0.29, 0.717) is 11.7 Å². The van der Waals surface area contributed by atoms with E-state index < -0.39 is 0 Å². The molecule has 3 rings (SSSR count). The molecule has 3 aromatic rings. The van der Waals surface area contributed by atoms with Crippen LogP contribution >= 0.6 is 22.9 Å². The fourth-order valence-corrected chi connectivity index (χ4v) is 2.59. The Bertz CT molecular complexity index is 598. The van der Waals surface area contributed by atoms with E-state index in [1.807, 2.05) is 18.2 Å². The Kier molecular flexibility index (Phi) is 2.38. The first-order valence-corrected chi connectivity index (χ1v) is 6.09. The molecule has 3 nitrogen and oxygen atoms in total. The van der Waals surface area contributed by atoms with Gasteiger partial charge in [0.2, 0.25) is 0 Å². The van der Waals surface area contributed by atoms with Crippen LogP contribution in [0, 0.1) is 0 Å². The number of aromatic nitrogens is 2. The van der Waals surface area contributed by atoms with Gasteiger partial charge in [-0.1, -0.05) is 23.4 Å². The molecule has 0 aliphatic carbocycles. The Morgan fingerprint density at radius 3 is 2.94 bits per heavy atom. The number of nitrogens with zero attached hydrogens (tertiary/aromatic N) is 2. The fraction of sp³-hybridized carbons (Fsp3) is 0.0909. The lowest BCUT2D eigenvalue weighted by molar-refractivity contribution is 0.426. The summed E-state index contributed by atoms with van der Waals surface area (Å²) >= 11 is 7.26. The maximum absolute atomic E-state index is 5.62. The molecule has 0 amide bonds. The molecule has 0 radical (unpaired) electrons. The topological polar surface area (TPSA) is 38.9 Å². The zero-order valence-corrected chi connectivity index (χ0v) is 9.76. The molecular formula is C11H7ClN2OS. The molecule has 2 aromatic heterocycles. The Morgan fingerprint density at radius 2 is 2.19 bits per heavy atom. The van der Waals surface area contributed by atoms with Crippen LogP contribution in [0.25, 0.3) is 20.9 Å². The highest BCUT2D eigenvalue weighted by molar-refractivity contribution is 7.22. The van der Waals surface area contributed by atoms with Crippen molar-refractivity contribution in [3.63, 3.8) is 0 Å². The largest absolute Gasteiger partial charge is 0.333 e. The molecule has 0 saturated heterocycles. The molecule has 0 N–H and O–H groups in total. The first-order chi connectivity index (χ1) is 7.86. The molecule has 80 valence electrons. The molecule has 0 unspecified atom stereocenters. The van der Waals surface area contributed by atoms with Gasteiger partial charge in [-0.05, 0) is 17.5 Å². The number of thiophene rings is 1. The van der Waals surface area contributed by atoms with E-state index in [0.717, 1.165) is 4.88 Å². The summed E-state index contributed by atoms with van der Waals surface area (Å²) in [6.45, 7) is 0. The van der Waals surface area contributed by atoms with Crippen LogP contribution in [0.15, 0.2) is 34.9 Å². The highest BCUT2D eigenvalue weighted by atomic mass is 35.5. The number of fused-ring (bicyclic) bond motifs is 1. The van der Waals surface area contributed by atoms with Crippen molar-refractivity contribution in [1.82, 2.24) is 10.1 Å². The third kappa shape index (κ3) is 1.60. The molecule has 2 heterocycles. The van der Waals surface area contributed by atoms with Crippen LogP contribution in [-0.4, -0.2) is 10.1 Å². The van der Waals surface area contributed by atoms with Gasteiger partial charge in [0.1, 0.15) is 0 Å². The van der Waals surface area contributed by atoms with Crippen molar-refractivity contribution < 1.29 is 4.52 Å². The monoisotopic (exact) mass is 250 g/mol. The van der Waals surface area contributed by atoms with E-state index in [1.165, 1.54) is 10.1 Å². The predicted molar refractivity (Wildman–Crippen MR) is 64.7 cm³/mol. The van der Waals surface area contributed by atoms with E-state index >= 15 is 0 Å². The maximum atomic E-state index is 5.62. The Labute approximate surface area is 101 Å². The Morgan fingerprint density at radius 1 is 1.31 bits per heavy atom. The van der Waals surface area contributed by atoms with Gasteiger partial charge < -0.3 is 4.52 Å². The minimum atomic E-state index is 0.272. The normalized spacial score (nSPS) is 11.1. The molecule has 0 atom stereocenters. The summed E-state index contributed by atoms with van der Waals surface area (Å²) in [5.41, 5.74) is 0. The highest BCUT2D eigenvalue weighted by Gasteiger charge is 2.11. The van der Waals surface area contributed by atoms with Gasteiger partial charge in [0.25, 0.3) is 5.89 Å². The average Bonchev–Trinajstić information content (AvgIpc) is 2.95. The van der Waals surface area contributed by atoms with Gasteiger partial charge in [-0.2, -0.15) is 4.98 Å². The van der Waals surface area contributed by atoms with E-state index in [-0.39, 0.29) is 5.88 Å². The molecule has 0 aliphatic rings. The summed E-state index contributed by atoms with van der Waals surface area (Å²) in [4.78, 5) is 5.17. The van der Waals surface area contributed by atoms with E-state index in [4.69, 9.17) is 16.1 Å². The SMILES string of the molecule is ClCc1noc(-c2cc3ccccc3s2)n1. The fourth-order valence-electron chi connectivity index (χ4n) is 1.50. The molecule has 0 fully saturated rings. The number of alkyl halides is 1. The first-order valence-electron chi connectivity index (χ1n) is 4.74. The second-order valence-corrected chi connectivity index (χ2v) is 4.65. The van der Waals surface area contributed by atoms with Crippen LogP contribution in [0.2, 0.25) is 0 Å². The smallest absolute Gasteiger partial charge is 0.268 e. The van der Waals surface area contributed by atoms with Gasteiger partial charge in [-0.3, -0.25) is 0 Å². The van der Waals surface area contributed by atoms with Crippen molar-refractivity contribution in [1.29, 1.82) is 0 Å². The van der Waals surface area contributed by atoms with E-state index in [9.17, 15) is 0 Å². The van der Waals surface area contributed by atoms with Crippen molar-refractivity contribution in [3.8, 4) is 10.8 Å². The second-order valence-electron chi connectivity index (χ2n) is 3.30. The lowest BCUT2D eigenvalue weighted by atomic mass is 10.2. The van der Waals surface area contributed by atoms with E-state index in [1.54, 1.807) is 11.3 Å². The molecule has 0 bridgehead atoms. The van der Waals surface area contributed by atoms with E-state index in [2.05, 4.69) is 22.3 Å². The van der Waals surface area contributed by atoms with Crippen molar-refractivity contribution >= 4 is 33.0 Å². The van der Waals surface area contributed by atoms with Crippen molar-refractivity contribution in [3.05, 3.63) is 36.2 Å². The molecule has 16 heavy (non-hydrogen) atoms. The number of hydrogen-bond acceptors (Lipinski definition) is 4. The van der Waals surface area contributed by atoms with Crippen LogP contribution in [0.3, 0.4) is 0 Å². The Balaban J connectivity index is 2.11. The third-order valence-electron chi connectivity index (χ3n) is 2.22. The maximum Gasteiger partial charge on any atom is 0.268 e. The molecule has 1 aromatic carbocycles. The molecule has 0 aliphatic heterocycles. The number of benzene rings is 1. The van der Waals surface area contributed by atoms with Crippen LogP contribution in [-0.2, 0) is 5.88 Å². The Hall–Kier alpha value is -1.39. The minimum Gasteiger partial charge on any atom is -0.333 e. The number of rotatable bonds is 2. The van der Waals surface area contributed by atoms with Crippen molar-refractivity contribution in [2.45, 2.75) is 5.88 Å². The van der Waals surface area contributed by atoms with Crippen LogP contribution < -0.4 is 0 Å². The average molecular weight is 251 g/mol. The van der Waals surface area contributed by atoms with Crippen LogP contribution in [0.5, 0.6) is 0 Å². The lowest BCUT2D eigenvalue weighted by Crippen LogP contribution is -1.78. The summed E-state index contributed by atoms with van der Waals surface area (Å²) in [7, 11) is 0.